The number of esters is 1. The van der Waals surface area contributed by atoms with Crippen molar-refractivity contribution in [3.8, 4) is 0 Å². The van der Waals surface area contributed by atoms with Gasteiger partial charge in [-0.05, 0) is 37.5 Å². The van der Waals surface area contributed by atoms with E-state index < -0.39 is 5.97 Å². The normalized spacial score (nSPS) is 11.0. The van der Waals surface area contributed by atoms with Gasteiger partial charge in [0.05, 0.1) is 11.3 Å². The van der Waals surface area contributed by atoms with Crippen LogP contribution in [-0.4, -0.2) is 28.5 Å². The van der Waals surface area contributed by atoms with E-state index in [2.05, 4.69) is 24.0 Å². The molecule has 3 aromatic rings. The smallest absolute Gasteiger partial charge is 0.341 e. The Balaban J connectivity index is 1.63. The number of rotatable bonds is 8. The summed E-state index contributed by atoms with van der Waals surface area (Å²) in [6, 6.07) is 10.7. The van der Waals surface area contributed by atoms with Gasteiger partial charge in [0.25, 0.3) is 0 Å². The third kappa shape index (κ3) is 5.16. The molecule has 2 heterocycles. The second kappa shape index (κ2) is 9.71. The maximum Gasteiger partial charge on any atom is 0.341 e. The number of hydrogen-bond acceptors (Lipinski definition) is 7. The van der Waals surface area contributed by atoms with Crippen LogP contribution in [0.5, 0.6) is 0 Å². The van der Waals surface area contributed by atoms with Crippen LogP contribution in [0.15, 0.2) is 52.1 Å². The van der Waals surface area contributed by atoms with Crippen LogP contribution in [0.4, 0.5) is 0 Å². The Kier molecular flexibility index (Phi) is 7.05. The quantitative estimate of drug-likeness (QED) is 0.281. The van der Waals surface area contributed by atoms with Gasteiger partial charge >= 0.3 is 5.97 Å². The summed E-state index contributed by atoms with van der Waals surface area (Å²) in [4.78, 5) is 29.3. The standard InChI is InChI=1S/C23H24N2O4S/c1-14(2)17-7-9-18(10-8-17)21(26)12-28-23(27)19-6-5-11-24-22(19)30-13-20-15(3)25-29-16(20)4/h5-11,14H,12-13H2,1-4H3. The summed E-state index contributed by atoms with van der Waals surface area (Å²) in [6.07, 6.45) is 1.62. The molecule has 3 rings (SSSR count). The summed E-state index contributed by atoms with van der Waals surface area (Å²) in [6.45, 7) is 7.59. The number of nitrogens with zero attached hydrogens (tertiary/aromatic N) is 2. The highest BCUT2D eigenvalue weighted by atomic mass is 32.2. The molecule has 0 N–H and O–H groups in total. The minimum atomic E-state index is -0.573. The van der Waals surface area contributed by atoms with Crippen LogP contribution in [-0.2, 0) is 10.5 Å². The Labute approximate surface area is 180 Å². The van der Waals surface area contributed by atoms with Crippen molar-refractivity contribution in [2.45, 2.75) is 44.4 Å². The van der Waals surface area contributed by atoms with Crippen molar-refractivity contribution in [2.75, 3.05) is 6.61 Å². The molecule has 0 aliphatic carbocycles. The molecular weight excluding hydrogens is 400 g/mol. The van der Waals surface area contributed by atoms with Crippen LogP contribution in [0.2, 0.25) is 0 Å². The van der Waals surface area contributed by atoms with Gasteiger partial charge in [-0.1, -0.05) is 43.3 Å². The minimum Gasteiger partial charge on any atom is -0.454 e. The van der Waals surface area contributed by atoms with Crippen LogP contribution in [0.3, 0.4) is 0 Å². The molecular formula is C23H24N2O4S. The zero-order valence-corrected chi connectivity index (χ0v) is 18.3. The molecule has 0 aliphatic rings. The van der Waals surface area contributed by atoms with E-state index >= 15 is 0 Å². The monoisotopic (exact) mass is 424 g/mol. The summed E-state index contributed by atoms with van der Waals surface area (Å²) in [5.41, 5.74) is 3.79. The predicted molar refractivity (Wildman–Crippen MR) is 115 cm³/mol. The zero-order chi connectivity index (χ0) is 21.7. The molecule has 0 fully saturated rings. The summed E-state index contributed by atoms with van der Waals surface area (Å²) in [5, 5.41) is 4.48. The van der Waals surface area contributed by atoms with Crippen molar-refractivity contribution in [1.82, 2.24) is 10.1 Å². The van der Waals surface area contributed by atoms with Crippen LogP contribution in [0.25, 0.3) is 0 Å². The van der Waals surface area contributed by atoms with Gasteiger partial charge in [-0.25, -0.2) is 9.78 Å². The van der Waals surface area contributed by atoms with E-state index in [-0.39, 0.29) is 12.4 Å². The highest BCUT2D eigenvalue weighted by Crippen LogP contribution is 2.27. The van der Waals surface area contributed by atoms with Gasteiger partial charge in [-0.15, -0.1) is 11.8 Å². The fraction of sp³-hybridized carbons (Fsp3) is 0.304. The molecule has 0 saturated heterocycles. The van der Waals surface area contributed by atoms with Crippen molar-refractivity contribution in [3.63, 3.8) is 0 Å². The predicted octanol–water partition coefficient (Wildman–Crippen LogP) is 5.14. The molecule has 7 heteroatoms. The number of aromatic nitrogens is 2. The number of thioether (sulfide) groups is 1. The molecule has 0 spiro atoms. The van der Waals surface area contributed by atoms with Crippen LogP contribution < -0.4 is 0 Å². The van der Waals surface area contributed by atoms with Crippen molar-refractivity contribution < 1.29 is 18.8 Å². The summed E-state index contributed by atoms with van der Waals surface area (Å²) in [7, 11) is 0. The second-order valence-electron chi connectivity index (χ2n) is 7.22. The molecule has 0 radical (unpaired) electrons. The number of carbonyl (C=O) groups is 2. The molecule has 1 aromatic carbocycles. The molecule has 156 valence electrons. The third-order valence-electron chi connectivity index (χ3n) is 4.76. The molecule has 6 nitrogen and oxygen atoms in total. The number of Topliss-reactive ketones (excluding diaryl/α,β-unsaturated/α-hetero) is 1. The Hall–Kier alpha value is -2.93. The summed E-state index contributed by atoms with van der Waals surface area (Å²) < 4.78 is 10.5. The third-order valence-corrected chi connectivity index (χ3v) is 5.79. The lowest BCUT2D eigenvalue weighted by molar-refractivity contribution is 0.0470. The fourth-order valence-corrected chi connectivity index (χ4v) is 3.99. The maximum atomic E-state index is 12.6. The number of pyridine rings is 1. The lowest BCUT2D eigenvalue weighted by atomic mass is 10.0. The number of carbonyl (C=O) groups excluding carboxylic acids is 2. The second-order valence-corrected chi connectivity index (χ2v) is 8.19. The Morgan fingerprint density at radius 2 is 1.87 bits per heavy atom. The van der Waals surface area contributed by atoms with Crippen LogP contribution in [0, 0.1) is 13.8 Å². The first kappa shape index (κ1) is 21.8. The van der Waals surface area contributed by atoms with Gasteiger partial charge in [-0.2, -0.15) is 0 Å². The van der Waals surface area contributed by atoms with Crippen LogP contribution >= 0.6 is 11.8 Å². The van der Waals surface area contributed by atoms with E-state index in [1.807, 2.05) is 26.0 Å². The first-order valence-corrected chi connectivity index (χ1v) is 10.6. The van der Waals surface area contributed by atoms with Crippen LogP contribution in [0.1, 0.15) is 63.1 Å². The van der Waals surface area contributed by atoms with Gasteiger partial charge in [0.15, 0.2) is 12.4 Å². The van der Waals surface area contributed by atoms with Gasteiger partial charge in [0.1, 0.15) is 10.8 Å². The first-order valence-electron chi connectivity index (χ1n) is 9.66. The molecule has 2 aromatic heterocycles. The zero-order valence-electron chi connectivity index (χ0n) is 17.5. The maximum absolute atomic E-state index is 12.6. The first-order chi connectivity index (χ1) is 14.4. The Bertz CT molecular complexity index is 1020. The largest absolute Gasteiger partial charge is 0.454 e. The number of benzene rings is 1. The van der Waals surface area contributed by atoms with E-state index in [1.165, 1.54) is 11.8 Å². The van der Waals surface area contributed by atoms with Crippen molar-refractivity contribution in [2.24, 2.45) is 0 Å². The number of hydrogen-bond donors (Lipinski definition) is 0. The summed E-state index contributed by atoms with van der Waals surface area (Å²) >= 11 is 1.40. The minimum absolute atomic E-state index is 0.243. The van der Waals surface area contributed by atoms with E-state index in [9.17, 15) is 9.59 Å². The summed E-state index contributed by atoms with van der Waals surface area (Å²) in [5.74, 6) is 0.886. The highest BCUT2D eigenvalue weighted by molar-refractivity contribution is 7.98. The number of ether oxygens (including phenoxy) is 1. The van der Waals surface area contributed by atoms with Crippen molar-refractivity contribution in [3.05, 3.63) is 76.3 Å². The van der Waals surface area contributed by atoms with Gasteiger partial charge in [0.2, 0.25) is 0 Å². The van der Waals surface area contributed by atoms with Gasteiger partial charge < -0.3 is 9.26 Å². The highest BCUT2D eigenvalue weighted by Gasteiger charge is 2.18. The molecule has 0 unspecified atom stereocenters. The molecule has 30 heavy (non-hydrogen) atoms. The SMILES string of the molecule is Cc1noc(C)c1CSc1ncccc1C(=O)OCC(=O)c1ccc(C(C)C)cc1. The van der Waals surface area contributed by atoms with E-state index in [0.717, 1.165) is 22.6 Å². The molecule has 0 atom stereocenters. The molecule has 0 aliphatic heterocycles. The average molecular weight is 425 g/mol. The number of aryl methyl sites for hydroxylation is 2. The average Bonchev–Trinajstić information content (AvgIpc) is 3.07. The molecule has 0 saturated carbocycles. The number of ketones is 1. The molecule has 0 bridgehead atoms. The molecule has 0 amide bonds. The fourth-order valence-electron chi connectivity index (χ4n) is 2.86. The van der Waals surface area contributed by atoms with Gasteiger partial charge in [0, 0.05) is 23.1 Å². The lowest BCUT2D eigenvalue weighted by Gasteiger charge is -2.09. The van der Waals surface area contributed by atoms with E-state index in [1.54, 1.807) is 30.5 Å². The van der Waals surface area contributed by atoms with E-state index in [4.69, 9.17) is 9.26 Å². The Morgan fingerprint density at radius 3 is 2.50 bits per heavy atom. The lowest BCUT2D eigenvalue weighted by Crippen LogP contribution is -2.15. The van der Waals surface area contributed by atoms with Crippen molar-refractivity contribution >= 4 is 23.5 Å². The van der Waals surface area contributed by atoms with Gasteiger partial charge in [-0.3, -0.25) is 4.79 Å². The Morgan fingerprint density at radius 1 is 1.13 bits per heavy atom. The van der Waals surface area contributed by atoms with Crippen molar-refractivity contribution in [1.29, 1.82) is 0 Å². The van der Waals surface area contributed by atoms with E-state index in [0.29, 0.717) is 27.8 Å². The topological polar surface area (TPSA) is 82.3 Å².